The lowest BCUT2D eigenvalue weighted by Gasteiger charge is -2.15. The zero-order valence-electron chi connectivity index (χ0n) is 8.49. The van der Waals surface area contributed by atoms with E-state index in [4.69, 9.17) is 0 Å². The number of carbonyl (C=O) groups excluding carboxylic acids is 1. The molecule has 2 rings (SSSR count). The first-order valence-electron chi connectivity index (χ1n) is 5.19. The highest BCUT2D eigenvalue weighted by Gasteiger charge is 2.12. The molecule has 0 radical (unpaired) electrons. The minimum Gasteiger partial charge on any atom is -0.315 e. The first-order valence-corrected chi connectivity index (χ1v) is 5.19. The Bertz CT molecular complexity index is 346. The van der Waals surface area contributed by atoms with Gasteiger partial charge in [-0.3, -0.25) is 4.79 Å². The van der Waals surface area contributed by atoms with Crippen LogP contribution < -0.4 is 4.90 Å². The molecule has 0 saturated carbocycles. The van der Waals surface area contributed by atoms with Crippen LogP contribution in [0.25, 0.3) is 0 Å². The van der Waals surface area contributed by atoms with Crippen LogP contribution in [0.5, 0.6) is 0 Å². The number of amides is 1. The summed E-state index contributed by atoms with van der Waals surface area (Å²) in [4.78, 5) is 12.5. The topological polar surface area (TPSA) is 20.3 Å². The van der Waals surface area contributed by atoms with Crippen molar-refractivity contribution in [1.82, 2.24) is 0 Å². The molecule has 2 nitrogen and oxygen atoms in total. The third-order valence-corrected chi connectivity index (χ3v) is 2.88. The highest BCUT2D eigenvalue weighted by molar-refractivity contribution is 5.75. The molecule has 2 heteroatoms. The predicted molar refractivity (Wildman–Crippen MR) is 57.6 cm³/mol. The first-order chi connectivity index (χ1) is 6.85. The summed E-state index contributed by atoms with van der Waals surface area (Å²) in [7, 11) is 0. The summed E-state index contributed by atoms with van der Waals surface area (Å²) >= 11 is 0. The molecule has 0 aliphatic heterocycles. The van der Waals surface area contributed by atoms with Crippen molar-refractivity contribution in [3.8, 4) is 0 Å². The van der Waals surface area contributed by atoms with Gasteiger partial charge in [-0.2, -0.15) is 0 Å². The van der Waals surface area contributed by atoms with Gasteiger partial charge in [0, 0.05) is 12.2 Å². The highest BCUT2D eigenvalue weighted by atomic mass is 16.1. The fourth-order valence-electron chi connectivity index (χ4n) is 2.05. The molecule has 0 unspecified atom stereocenters. The van der Waals surface area contributed by atoms with E-state index in [2.05, 4.69) is 12.1 Å². The number of anilines is 1. The monoisotopic (exact) mass is 189 g/mol. The van der Waals surface area contributed by atoms with Crippen LogP contribution in [0, 0.1) is 0 Å². The standard InChI is InChI=1S/C12H15NO/c1-2-13(9-14)12-7-6-10-4-3-5-11(10)8-12/h6-9H,2-5H2,1H3. The lowest BCUT2D eigenvalue weighted by Crippen LogP contribution is -2.20. The summed E-state index contributed by atoms with van der Waals surface area (Å²) in [5.74, 6) is 0. The van der Waals surface area contributed by atoms with Crippen LogP contribution in [-0.4, -0.2) is 13.0 Å². The zero-order valence-corrected chi connectivity index (χ0v) is 8.49. The SMILES string of the molecule is CCN(C=O)c1ccc2c(c1)CCC2. The number of fused-ring (bicyclic) bond motifs is 1. The third-order valence-electron chi connectivity index (χ3n) is 2.88. The van der Waals surface area contributed by atoms with Crippen molar-refractivity contribution in [2.75, 3.05) is 11.4 Å². The molecule has 0 heterocycles. The van der Waals surface area contributed by atoms with Gasteiger partial charge in [-0.15, -0.1) is 0 Å². The first kappa shape index (κ1) is 9.25. The number of hydrogen-bond donors (Lipinski definition) is 0. The molecule has 0 fully saturated rings. The van der Waals surface area contributed by atoms with E-state index in [1.807, 2.05) is 13.0 Å². The van der Waals surface area contributed by atoms with Crippen molar-refractivity contribution < 1.29 is 4.79 Å². The summed E-state index contributed by atoms with van der Waals surface area (Å²) in [6.07, 6.45) is 4.52. The number of carbonyl (C=O) groups is 1. The van der Waals surface area contributed by atoms with Crippen molar-refractivity contribution in [2.24, 2.45) is 0 Å². The quantitative estimate of drug-likeness (QED) is 0.667. The Morgan fingerprint density at radius 1 is 1.36 bits per heavy atom. The summed E-state index contributed by atoms with van der Waals surface area (Å²) in [6, 6.07) is 6.35. The van der Waals surface area contributed by atoms with Crippen molar-refractivity contribution in [3.63, 3.8) is 0 Å². The van der Waals surface area contributed by atoms with Gasteiger partial charge in [0.1, 0.15) is 0 Å². The van der Waals surface area contributed by atoms with E-state index in [1.165, 1.54) is 30.4 Å². The third kappa shape index (κ3) is 1.52. The molecule has 0 atom stereocenters. The van der Waals surface area contributed by atoms with Crippen molar-refractivity contribution in [3.05, 3.63) is 29.3 Å². The van der Waals surface area contributed by atoms with E-state index in [1.54, 1.807) is 4.90 Å². The van der Waals surface area contributed by atoms with E-state index in [0.29, 0.717) is 0 Å². The zero-order chi connectivity index (χ0) is 9.97. The van der Waals surface area contributed by atoms with E-state index < -0.39 is 0 Å². The smallest absolute Gasteiger partial charge is 0.214 e. The lowest BCUT2D eigenvalue weighted by atomic mass is 10.1. The molecule has 1 aliphatic carbocycles. The van der Waals surface area contributed by atoms with E-state index in [0.717, 1.165) is 18.6 Å². The maximum absolute atomic E-state index is 10.8. The Labute approximate surface area is 84.5 Å². The summed E-state index contributed by atoms with van der Waals surface area (Å²) in [5, 5.41) is 0. The Balaban J connectivity index is 2.32. The van der Waals surface area contributed by atoms with Crippen molar-refractivity contribution in [1.29, 1.82) is 0 Å². The van der Waals surface area contributed by atoms with E-state index >= 15 is 0 Å². The fourth-order valence-corrected chi connectivity index (χ4v) is 2.05. The van der Waals surface area contributed by atoms with Gasteiger partial charge in [-0.25, -0.2) is 0 Å². The van der Waals surface area contributed by atoms with Crippen LogP contribution >= 0.6 is 0 Å². The van der Waals surface area contributed by atoms with Gasteiger partial charge in [0.15, 0.2) is 0 Å². The van der Waals surface area contributed by atoms with E-state index in [9.17, 15) is 4.79 Å². The Kier molecular flexibility index (Phi) is 2.53. The molecule has 0 saturated heterocycles. The molecule has 0 spiro atoms. The average molecular weight is 189 g/mol. The summed E-state index contributed by atoms with van der Waals surface area (Å²) < 4.78 is 0. The van der Waals surface area contributed by atoms with Crippen molar-refractivity contribution in [2.45, 2.75) is 26.2 Å². The second-order valence-corrected chi connectivity index (χ2v) is 3.70. The van der Waals surface area contributed by atoms with Crippen LogP contribution in [0.3, 0.4) is 0 Å². The predicted octanol–water partition coefficient (Wildman–Crippen LogP) is 2.16. The largest absolute Gasteiger partial charge is 0.315 e. The lowest BCUT2D eigenvalue weighted by molar-refractivity contribution is -0.107. The Morgan fingerprint density at radius 2 is 2.14 bits per heavy atom. The highest BCUT2D eigenvalue weighted by Crippen LogP contribution is 2.26. The number of nitrogens with zero attached hydrogens (tertiary/aromatic N) is 1. The second-order valence-electron chi connectivity index (χ2n) is 3.70. The fraction of sp³-hybridized carbons (Fsp3) is 0.417. The average Bonchev–Trinajstić information content (AvgIpc) is 2.66. The van der Waals surface area contributed by atoms with Crippen LogP contribution in [0.4, 0.5) is 5.69 Å². The van der Waals surface area contributed by atoms with Gasteiger partial charge in [0.2, 0.25) is 6.41 Å². The number of hydrogen-bond acceptors (Lipinski definition) is 1. The Morgan fingerprint density at radius 3 is 2.86 bits per heavy atom. The second kappa shape index (κ2) is 3.82. The number of benzene rings is 1. The minimum absolute atomic E-state index is 0.738. The molecular weight excluding hydrogens is 174 g/mol. The maximum Gasteiger partial charge on any atom is 0.214 e. The molecular formula is C12H15NO. The molecule has 74 valence electrons. The van der Waals surface area contributed by atoms with Gasteiger partial charge in [-0.05, 0) is 49.4 Å². The molecule has 0 bridgehead atoms. The molecule has 0 N–H and O–H groups in total. The van der Waals surface area contributed by atoms with Crippen LogP contribution in [0.15, 0.2) is 18.2 Å². The molecule has 1 aromatic rings. The molecule has 1 aromatic carbocycles. The normalized spacial score (nSPS) is 13.8. The van der Waals surface area contributed by atoms with Gasteiger partial charge in [0.25, 0.3) is 0 Å². The van der Waals surface area contributed by atoms with Gasteiger partial charge in [0.05, 0.1) is 0 Å². The number of rotatable bonds is 3. The minimum atomic E-state index is 0.738. The van der Waals surface area contributed by atoms with Gasteiger partial charge in [-0.1, -0.05) is 6.07 Å². The summed E-state index contributed by atoms with van der Waals surface area (Å²) in [6.45, 7) is 2.73. The Hall–Kier alpha value is -1.31. The molecule has 1 amide bonds. The maximum atomic E-state index is 10.8. The number of aryl methyl sites for hydroxylation is 2. The molecule has 1 aliphatic rings. The van der Waals surface area contributed by atoms with Crippen molar-refractivity contribution >= 4 is 12.1 Å². The van der Waals surface area contributed by atoms with Crippen LogP contribution in [0.2, 0.25) is 0 Å². The van der Waals surface area contributed by atoms with Crippen LogP contribution in [-0.2, 0) is 17.6 Å². The molecule has 0 aromatic heterocycles. The van der Waals surface area contributed by atoms with E-state index in [-0.39, 0.29) is 0 Å². The van der Waals surface area contributed by atoms with Gasteiger partial charge < -0.3 is 4.90 Å². The summed E-state index contributed by atoms with van der Waals surface area (Å²) in [5.41, 5.74) is 3.90. The molecule has 14 heavy (non-hydrogen) atoms. The van der Waals surface area contributed by atoms with Gasteiger partial charge >= 0.3 is 0 Å². The van der Waals surface area contributed by atoms with Crippen LogP contribution in [0.1, 0.15) is 24.5 Å².